The van der Waals surface area contributed by atoms with Gasteiger partial charge < -0.3 is 0 Å². The summed E-state index contributed by atoms with van der Waals surface area (Å²) in [6.07, 6.45) is 1.73. The lowest BCUT2D eigenvalue weighted by molar-refractivity contribution is 0.280. The van der Waals surface area contributed by atoms with E-state index in [9.17, 15) is 0 Å². The molecule has 4 heteroatoms. The summed E-state index contributed by atoms with van der Waals surface area (Å²) < 4.78 is 0. The van der Waals surface area contributed by atoms with Gasteiger partial charge in [0.1, 0.15) is 6.34 Å². The fraction of sp³-hybridized carbons (Fsp3) is 0.125. The van der Waals surface area contributed by atoms with Crippen LogP contribution < -0.4 is 10.5 Å². The number of rotatable bonds is 1. The largest absolute Gasteiger partial charge is 0.245 e. The third kappa shape index (κ3) is 1.24. The Balaban J connectivity index is 2.18. The summed E-state index contributed by atoms with van der Waals surface area (Å²) in [5, 5.41) is 7.51. The van der Waals surface area contributed by atoms with Crippen LogP contribution in [0.3, 0.4) is 0 Å². The molecule has 0 saturated carbocycles. The number of benzene rings is 1. The summed E-state index contributed by atoms with van der Waals surface area (Å²) in [6, 6.07) is 9.99. The maximum atomic E-state index is 4.02. The monoisotopic (exact) mass is 162 g/mol. The number of hydrogen-bond donors (Lipinski definition) is 1. The molecule has 1 aromatic carbocycles. The van der Waals surface area contributed by atoms with E-state index in [1.807, 2.05) is 42.4 Å². The van der Waals surface area contributed by atoms with E-state index in [4.69, 9.17) is 0 Å². The van der Waals surface area contributed by atoms with E-state index in [1.54, 1.807) is 11.5 Å². The highest BCUT2D eigenvalue weighted by Crippen LogP contribution is 2.11. The quantitative estimate of drug-likeness (QED) is 0.662. The van der Waals surface area contributed by atoms with Crippen molar-refractivity contribution >= 4 is 12.0 Å². The van der Waals surface area contributed by atoms with Crippen LogP contribution in [0.5, 0.6) is 0 Å². The molecule has 2 rings (SSSR count). The van der Waals surface area contributed by atoms with Gasteiger partial charge in [0.2, 0.25) is 0 Å². The van der Waals surface area contributed by atoms with Gasteiger partial charge in [-0.1, -0.05) is 18.2 Å². The molecular weight excluding hydrogens is 152 g/mol. The van der Waals surface area contributed by atoms with Crippen molar-refractivity contribution in [2.24, 2.45) is 5.10 Å². The lowest BCUT2D eigenvalue weighted by atomic mass is 10.3. The Morgan fingerprint density at radius 2 is 2.00 bits per heavy atom. The summed E-state index contributed by atoms with van der Waals surface area (Å²) in [7, 11) is 1.85. The van der Waals surface area contributed by atoms with Gasteiger partial charge in [-0.3, -0.25) is 0 Å². The van der Waals surface area contributed by atoms with Crippen LogP contribution in [0.4, 0.5) is 5.69 Å². The van der Waals surface area contributed by atoms with Crippen LogP contribution in [0.25, 0.3) is 0 Å². The summed E-state index contributed by atoms with van der Waals surface area (Å²) >= 11 is 0. The predicted molar refractivity (Wildman–Crippen MR) is 48.3 cm³/mol. The third-order valence-electron chi connectivity index (χ3n) is 1.63. The number of para-hydroxylation sites is 1. The van der Waals surface area contributed by atoms with Gasteiger partial charge >= 0.3 is 0 Å². The molecule has 1 aliphatic heterocycles. The van der Waals surface area contributed by atoms with E-state index < -0.39 is 0 Å². The fourth-order valence-corrected chi connectivity index (χ4v) is 1.05. The van der Waals surface area contributed by atoms with E-state index in [-0.39, 0.29) is 0 Å². The van der Waals surface area contributed by atoms with E-state index in [2.05, 4.69) is 10.6 Å². The zero-order chi connectivity index (χ0) is 8.39. The number of nitrogens with one attached hydrogen (secondary N) is 1. The molecule has 4 nitrogen and oxygen atoms in total. The van der Waals surface area contributed by atoms with Crippen LogP contribution in [-0.4, -0.2) is 18.5 Å². The van der Waals surface area contributed by atoms with Crippen molar-refractivity contribution in [1.82, 2.24) is 10.7 Å². The highest BCUT2D eigenvalue weighted by molar-refractivity contribution is 5.78. The maximum Gasteiger partial charge on any atom is 0.133 e. The Kier molecular flexibility index (Phi) is 1.68. The molecule has 0 aliphatic carbocycles. The first-order valence-corrected chi connectivity index (χ1v) is 3.75. The van der Waals surface area contributed by atoms with Crippen molar-refractivity contribution in [2.75, 3.05) is 12.1 Å². The molecule has 0 saturated heterocycles. The van der Waals surface area contributed by atoms with Crippen LogP contribution in [0.1, 0.15) is 0 Å². The third-order valence-corrected chi connectivity index (χ3v) is 1.63. The molecule has 0 fully saturated rings. The van der Waals surface area contributed by atoms with Crippen molar-refractivity contribution < 1.29 is 0 Å². The van der Waals surface area contributed by atoms with Gasteiger partial charge in [-0.05, 0) is 12.1 Å². The first-order chi connectivity index (χ1) is 5.86. The minimum absolute atomic E-state index is 1.07. The second-order valence-corrected chi connectivity index (χ2v) is 2.56. The lowest BCUT2D eigenvalue weighted by Gasteiger charge is -2.16. The normalized spacial score (nSPS) is 15.8. The van der Waals surface area contributed by atoms with Gasteiger partial charge in [-0.15, -0.1) is 10.6 Å². The van der Waals surface area contributed by atoms with E-state index >= 15 is 0 Å². The molecule has 0 spiro atoms. The minimum Gasteiger partial charge on any atom is -0.245 e. The van der Waals surface area contributed by atoms with E-state index in [1.165, 1.54) is 0 Å². The zero-order valence-corrected chi connectivity index (χ0v) is 6.81. The Morgan fingerprint density at radius 3 is 2.58 bits per heavy atom. The van der Waals surface area contributed by atoms with Crippen molar-refractivity contribution in [3.8, 4) is 0 Å². The second kappa shape index (κ2) is 2.83. The maximum absolute atomic E-state index is 4.02. The standard InChI is InChI=1S/C8H10N4/c1-11-9-7-12(10-11)8-5-3-2-4-6-8/h2-7,10H,1H3. The van der Waals surface area contributed by atoms with Gasteiger partial charge in [-0.25, -0.2) is 10.1 Å². The van der Waals surface area contributed by atoms with Crippen molar-refractivity contribution in [2.45, 2.75) is 0 Å². The van der Waals surface area contributed by atoms with Gasteiger partial charge in [0, 0.05) is 7.05 Å². The molecule has 1 N–H and O–H groups in total. The molecule has 1 aliphatic rings. The molecule has 0 amide bonds. The van der Waals surface area contributed by atoms with Gasteiger partial charge in [0.05, 0.1) is 5.69 Å². The van der Waals surface area contributed by atoms with Gasteiger partial charge in [-0.2, -0.15) is 0 Å². The Morgan fingerprint density at radius 1 is 1.25 bits per heavy atom. The summed E-state index contributed by atoms with van der Waals surface area (Å²) in [5.74, 6) is 0. The average molecular weight is 162 g/mol. The first-order valence-electron chi connectivity index (χ1n) is 3.75. The number of anilines is 1. The number of hydrazine groups is 2. The SMILES string of the molecule is CN1N=CN(c2ccccc2)N1. The molecule has 0 atom stereocenters. The molecule has 0 unspecified atom stereocenters. The molecule has 0 aromatic heterocycles. The van der Waals surface area contributed by atoms with Crippen LogP contribution in [0, 0.1) is 0 Å². The van der Waals surface area contributed by atoms with E-state index in [0.29, 0.717) is 0 Å². The Bertz CT molecular complexity index is 282. The minimum atomic E-state index is 1.07. The first kappa shape index (κ1) is 7.12. The van der Waals surface area contributed by atoms with E-state index in [0.717, 1.165) is 5.69 Å². The van der Waals surface area contributed by atoms with Crippen molar-refractivity contribution in [3.63, 3.8) is 0 Å². The number of hydrazone groups is 1. The summed E-state index contributed by atoms with van der Waals surface area (Å²) in [6.45, 7) is 0. The molecule has 12 heavy (non-hydrogen) atoms. The number of hydrogen-bond acceptors (Lipinski definition) is 4. The smallest absolute Gasteiger partial charge is 0.133 e. The molecule has 1 aromatic rings. The summed E-state index contributed by atoms with van der Waals surface area (Å²) in [4.78, 5) is 0. The molecule has 62 valence electrons. The number of nitrogens with zero attached hydrogens (tertiary/aromatic N) is 3. The van der Waals surface area contributed by atoms with Gasteiger partial charge in [0.25, 0.3) is 0 Å². The molecule has 0 radical (unpaired) electrons. The van der Waals surface area contributed by atoms with Crippen LogP contribution in [0.15, 0.2) is 35.4 Å². The highest BCUT2D eigenvalue weighted by Gasteiger charge is 2.09. The van der Waals surface area contributed by atoms with Crippen LogP contribution in [-0.2, 0) is 0 Å². The van der Waals surface area contributed by atoms with Crippen LogP contribution in [0.2, 0.25) is 0 Å². The molecular formula is C8H10N4. The topological polar surface area (TPSA) is 30.9 Å². The van der Waals surface area contributed by atoms with Crippen LogP contribution >= 0.6 is 0 Å². The predicted octanol–water partition coefficient (Wildman–Crippen LogP) is 0.801. The highest BCUT2D eigenvalue weighted by atomic mass is 15.9. The fourth-order valence-electron chi connectivity index (χ4n) is 1.05. The lowest BCUT2D eigenvalue weighted by Crippen LogP contribution is -2.38. The molecule has 0 bridgehead atoms. The summed E-state index contributed by atoms with van der Waals surface area (Å²) in [5.41, 5.74) is 4.09. The Labute approximate surface area is 71.0 Å². The average Bonchev–Trinajstić information content (AvgIpc) is 2.54. The Hall–Kier alpha value is -1.55. The second-order valence-electron chi connectivity index (χ2n) is 2.56. The van der Waals surface area contributed by atoms with Gasteiger partial charge in [0.15, 0.2) is 0 Å². The van der Waals surface area contributed by atoms with Crippen molar-refractivity contribution in [1.29, 1.82) is 0 Å². The molecule has 1 heterocycles. The zero-order valence-electron chi connectivity index (χ0n) is 6.81. The van der Waals surface area contributed by atoms with Crippen molar-refractivity contribution in [3.05, 3.63) is 30.3 Å².